The first-order chi connectivity index (χ1) is 13.0. The molecule has 0 atom stereocenters. The molecular weight excluding hydrogens is 342 g/mol. The highest BCUT2D eigenvalue weighted by Gasteiger charge is 2.22. The van der Waals surface area contributed by atoms with E-state index in [9.17, 15) is 5.11 Å². The van der Waals surface area contributed by atoms with E-state index in [-0.39, 0.29) is 5.75 Å². The Morgan fingerprint density at radius 3 is 2.30 bits per heavy atom. The van der Waals surface area contributed by atoms with E-state index in [1.54, 1.807) is 27.4 Å². The maximum Gasteiger partial charge on any atom is 0.223 e. The van der Waals surface area contributed by atoms with Gasteiger partial charge in [-0.05, 0) is 37.1 Å². The van der Waals surface area contributed by atoms with Crippen molar-refractivity contribution in [2.45, 2.75) is 13.8 Å². The van der Waals surface area contributed by atoms with Gasteiger partial charge in [-0.25, -0.2) is 0 Å². The molecule has 0 aliphatic heterocycles. The quantitative estimate of drug-likeness (QED) is 0.338. The minimum absolute atomic E-state index is 0.280. The fraction of sp³-hybridized carbons (Fsp3) is 0.227. The highest BCUT2D eigenvalue weighted by molar-refractivity contribution is 6.04. The van der Waals surface area contributed by atoms with Crippen LogP contribution in [-0.2, 0) is 0 Å². The number of ether oxygens (including phenoxy) is 3. The Hall–Kier alpha value is -3.21. The first kappa shape index (κ1) is 17.2. The number of phenols is 1. The summed E-state index contributed by atoms with van der Waals surface area (Å²) in [5.74, 6) is 2.09. The van der Waals surface area contributed by atoms with Crippen molar-refractivity contribution in [2.75, 3.05) is 21.3 Å². The Bertz CT molecular complexity index is 1210. The summed E-state index contributed by atoms with van der Waals surface area (Å²) >= 11 is 0. The number of hydrogen-bond acceptors (Lipinski definition) is 4. The SMILES string of the molecule is COc1cc2cc[n+]3cc4c(O)cc(C)c(C)c4cc3c2c(OC)c1OC. The van der Waals surface area contributed by atoms with Gasteiger partial charge in [0.15, 0.2) is 23.9 Å². The summed E-state index contributed by atoms with van der Waals surface area (Å²) in [6.07, 6.45) is 3.92. The van der Waals surface area contributed by atoms with Gasteiger partial charge in [-0.3, -0.25) is 0 Å². The Labute approximate surface area is 157 Å². The molecule has 0 bridgehead atoms. The average Bonchev–Trinajstić information content (AvgIpc) is 2.69. The van der Waals surface area contributed by atoms with Crippen LogP contribution in [-0.4, -0.2) is 26.4 Å². The van der Waals surface area contributed by atoms with Crippen molar-refractivity contribution in [3.05, 3.63) is 47.8 Å². The van der Waals surface area contributed by atoms with Crippen LogP contribution >= 0.6 is 0 Å². The maximum absolute atomic E-state index is 10.4. The Balaban J connectivity index is 2.24. The van der Waals surface area contributed by atoms with Crippen LogP contribution in [0.5, 0.6) is 23.0 Å². The summed E-state index contributed by atoms with van der Waals surface area (Å²) in [7, 11) is 4.84. The summed E-state index contributed by atoms with van der Waals surface area (Å²) in [5, 5.41) is 14.2. The molecule has 0 amide bonds. The zero-order valence-electron chi connectivity index (χ0n) is 16.1. The molecule has 2 heterocycles. The number of fused-ring (bicyclic) bond motifs is 4. The first-order valence-electron chi connectivity index (χ1n) is 8.69. The molecule has 2 aromatic heterocycles. The Morgan fingerprint density at radius 1 is 0.889 bits per heavy atom. The molecule has 2 aromatic carbocycles. The third kappa shape index (κ3) is 2.42. The summed E-state index contributed by atoms with van der Waals surface area (Å²) in [6, 6.07) is 7.84. The average molecular weight is 364 g/mol. The van der Waals surface area contributed by atoms with Gasteiger partial charge in [0.2, 0.25) is 11.3 Å². The predicted octanol–water partition coefficient (Wildman–Crippen LogP) is 4.08. The molecule has 0 aliphatic rings. The van der Waals surface area contributed by atoms with Crippen molar-refractivity contribution in [3.8, 4) is 23.0 Å². The fourth-order valence-corrected chi connectivity index (χ4v) is 3.74. The maximum atomic E-state index is 10.4. The molecule has 4 aromatic rings. The molecule has 138 valence electrons. The molecule has 4 rings (SSSR count). The van der Waals surface area contributed by atoms with Crippen molar-refractivity contribution in [1.82, 2.24) is 0 Å². The van der Waals surface area contributed by atoms with Crippen LogP contribution in [0.25, 0.3) is 27.1 Å². The van der Waals surface area contributed by atoms with Crippen molar-refractivity contribution in [1.29, 1.82) is 0 Å². The molecule has 0 saturated heterocycles. The van der Waals surface area contributed by atoms with Gasteiger partial charge < -0.3 is 19.3 Å². The lowest BCUT2D eigenvalue weighted by Gasteiger charge is -2.15. The smallest absolute Gasteiger partial charge is 0.223 e. The highest BCUT2D eigenvalue weighted by Crippen LogP contribution is 2.44. The van der Waals surface area contributed by atoms with Crippen LogP contribution in [0.1, 0.15) is 11.1 Å². The second-order valence-corrected chi connectivity index (χ2v) is 6.66. The number of hydrogen-bond donors (Lipinski definition) is 1. The van der Waals surface area contributed by atoms with Crippen LogP contribution < -0.4 is 18.6 Å². The largest absolute Gasteiger partial charge is 0.507 e. The van der Waals surface area contributed by atoms with E-state index in [0.717, 1.165) is 38.2 Å². The van der Waals surface area contributed by atoms with Crippen molar-refractivity contribution < 1.29 is 23.7 Å². The Morgan fingerprint density at radius 2 is 1.63 bits per heavy atom. The van der Waals surface area contributed by atoms with Gasteiger partial charge in [-0.2, -0.15) is 4.40 Å². The van der Waals surface area contributed by atoms with E-state index < -0.39 is 0 Å². The molecule has 0 fully saturated rings. The van der Waals surface area contributed by atoms with Crippen molar-refractivity contribution >= 4 is 27.1 Å². The van der Waals surface area contributed by atoms with Gasteiger partial charge in [0, 0.05) is 22.9 Å². The number of pyridine rings is 2. The monoisotopic (exact) mass is 364 g/mol. The van der Waals surface area contributed by atoms with Crippen LogP contribution in [0.2, 0.25) is 0 Å². The zero-order chi connectivity index (χ0) is 19.3. The standard InChI is InChI=1S/C22H21NO4/c1-12-8-18(24)16-11-23-7-6-14-9-19(25-3)21(26-4)22(27-5)20(14)17(23)10-15(16)13(12)2/h6-11H,1-5H3/p+1. The summed E-state index contributed by atoms with van der Waals surface area (Å²) < 4.78 is 18.8. The number of phenolic OH excluding ortho intramolecular Hbond substituents is 1. The second-order valence-electron chi connectivity index (χ2n) is 6.66. The summed E-state index contributed by atoms with van der Waals surface area (Å²) in [4.78, 5) is 0. The van der Waals surface area contributed by atoms with E-state index in [0.29, 0.717) is 17.2 Å². The van der Waals surface area contributed by atoms with E-state index >= 15 is 0 Å². The normalized spacial score (nSPS) is 11.3. The lowest BCUT2D eigenvalue weighted by molar-refractivity contribution is -0.509. The predicted molar refractivity (Wildman–Crippen MR) is 105 cm³/mol. The molecule has 5 heteroatoms. The van der Waals surface area contributed by atoms with Crippen molar-refractivity contribution in [3.63, 3.8) is 0 Å². The van der Waals surface area contributed by atoms with Crippen LogP contribution in [0.3, 0.4) is 0 Å². The van der Waals surface area contributed by atoms with E-state index in [1.807, 2.05) is 35.9 Å². The fourth-order valence-electron chi connectivity index (χ4n) is 3.74. The lowest BCUT2D eigenvalue weighted by Crippen LogP contribution is -2.21. The number of nitrogens with zero attached hydrogens (tertiary/aromatic N) is 1. The van der Waals surface area contributed by atoms with Crippen LogP contribution in [0, 0.1) is 13.8 Å². The van der Waals surface area contributed by atoms with E-state index in [1.165, 1.54) is 0 Å². The number of methoxy groups -OCH3 is 3. The van der Waals surface area contributed by atoms with Gasteiger partial charge >= 0.3 is 0 Å². The zero-order valence-corrected chi connectivity index (χ0v) is 16.1. The third-order valence-electron chi connectivity index (χ3n) is 5.27. The summed E-state index contributed by atoms with van der Waals surface area (Å²) in [5.41, 5.74) is 3.16. The molecule has 27 heavy (non-hydrogen) atoms. The molecule has 5 nitrogen and oxygen atoms in total. The molecule has 0 aliphatic carbocycles. The van der Waals surface area contributed by atoms with Gasteiger partial charge in [0.1, 0.15) is 11.1 Å². The van der Waals surface area contributed by atoms with E-state index in [4.69, 9.17) is 14.2 Å². The van der Waals surface area contributed by atoms with Crippen LogP contribution in [0.15, 0.2) is 36.7 Å². The van der Waals surface area contributed by atoms with E-state index in [2.05, 4.69) is 13.0 Å². The number of aryl methyl sites for hydroxylation is 2. The topological polar surface area (TPSA) is 52.0 Å². The minimum Gasteiger partial charge on any atom is -0.507 e. The molecule has 0 radical (unpaired) electrons. The number of rotatable bonds is 3. The third-order valence-corrected chi connectivity index (χ3v) is 5.27. The summed E-state index contributed by atoms with van der Waals surface area (Å²) in [6.45, 7) is 4.07. The lowest BCUT2D eigenvalue weighted by atomic mass is 9.99. The van der Waals surface area contributed by atoms with Gasteiger partial charge in [-0.15, -0.1) is 0 Å². The number of benzene rings is 2. The van der Waals surface area contributed by atoms with Gasteiger partial charge in [0.25, 0.3) is 0 Å². The molecule has 0 unspecified atom stereocenters. The molecule has 0 saturated carbocycles. The Kier molecular flexibility index (Phi) is 3.95. The molecule has 0 spiro atoms. The van der Waals surface area contributed by atoms with Gasteiger partial charge in [-0.1, -0.05) is 0 Å². The number of aromatic nitrogens is 1. The minimum atomic E-state index is 0.280. The van der Waals surface area contributed by atoms with Crippen LogP contribution in [0.4, 0.5) is 0 Å². The first-order valence-corrected chi connectivity index (χ1v) is 8.69. The number of aromatic hydroxyl groups is 1. The van der Waals surface area contributed by atoms with Gasteiger partial charge in [0.05, 0.1) is 26.7 Å². The molecular formula is C22H22NO4+. The highest BCUT2D eigenvalue weighted by atomic mass is 16.5. The molecule has 1 N–H and O–H groups in total. The second kappa shape index (κ2) is 6.20. The van der Waals surface area contributed by atoms with Crippen molar-refractivity contribution in [2.24, 2.45) is 0 Å².